The van der Waals surface area contributed by atoms with Gasteiger partial charge in [0.05, 0.1) is 0 Å². The van der Waals surface area contributed by atoms with Crippen LogP contribution >= 0.6 is 0 Å². The molecule has 0 aromatic rings. The quantitative estimate of drug-likeness (QED) is 0.239. The molecule has 0 aliphatic carbocycles. The van der Waals surface area contributed by atoms with Gasteiger partial charge in [0.25, 0.3) is 0 Å². The summed E-state index contributed by atoms with van der Waals surface area (Å²) in [6.07, 6.45) is 0. The Hall–Kier alpha value is -0.340. The minimum atomic E-state index is 0. The minimum Gasteiger partial charge on any atom is 1.00 e. The second-order valence-corrected chi connectivity index (χ2v) is 1.39. The van der Waals surface area contributed by atoms with Crippen molar-refractivity contribution in [1.29, 1.82) is 0 Å². The fourth-order valence-corrected chi connectivity index (χ4v) is 0. The molecule has 0 aromatic carbocycles. The molecular weight excluding hydrogens is 239 g/mol. The average Bonchev–Trinajstić information content (AvgIpc) is 2.30. The molecule has 8 heteroatoms. The van der Waals surface area contributed by atoms with Crippen LogP contribution in [0.25, 0.3) is 0 Å². The van der Waals surface area contributed by atoms with E-state index in [1.54, 1.807) is 0 Å². The molecule has 0 fully saturated rings. The van der Waals surface area contributed by atoms with Gasteiger partial charge >= 0.3 is 108 Å². The first-order valence-electron chi connectivity index (χ1n) is 1.93. The molecule has 0 N–H and O–H groups in total. The van der Waals surface area contributed by atoms with Crippen LogP contribution in [0.1, 0.15) is 6.92 Å². The molecule has 0 rings (SSSR count). The van der Waals surface area contributed by atoms with E-state index in [1.807, 2.05) is 0 Å². The summed E-state index contributed by atoms with van der Waals surface area (Å²) in [6, 6.07) is 0. The van der Waals surface area contributed by atoms with Crippen LogP contribution in [-0.4, -0.2) is 4.57 Å². The molecule has 0 saturated carbocycles. The van der Waals surface area contributed by atoms with Gasteiger partial charge in [0.15, 0.2) is 0 Å². The van der Waals surface area contributed by atoms with Crippen LogP contribution in [0.4, 0.5) is 0 Å². The molecule has 0 aromatic heterocycles. The first kappa shape index (κ1) is 46.6. The fraction of sp³-hybridized carbons (Fsp3) is 0.143. The van der Waals surface area contributed by atoms with E-state index in [1.165, 1.54) is 6.92 Å². The molecule has 74 valence electrons. The van der Waals surface area contributed by atoms with Gasteiger partial charge in [-0.3, -0.25) is 0 Å². The zero-order chi connectivity index (χ0) is 13.6. The minimum absolute atomic E-state index is 0. The molecule has 0 saturated heterocycles. The molecule has 0 heterocycles. The topological polar surface area (TPSA) is 123 Å². The molecule has 0 unspecified atom stereocenters. The molecule has 6 nitrogen and oxygen atoms in total. The molecular formula is C7H3CrLiO6. The summed E-state index contributed by atoms with van der Waals surface area (Å²) in [4.78, 5) is 0. The Labute approximate surface area is 108 Å². The summed E-state index contributed by atoms with van der Waals surface area (Å²) in [5.41, 5.74) is 0. The van der Waals surface area contributed by atoms with Crippen LogP contribution in [0, 0.1) is 33.3 Å². The van der Waals surface area contributed by atoms with Crippen LogP contribution in [0.2, 0.25) is 0 Å². The summed E-state index contributed by atoms with van der Waals surface area (Å²) in [7, 11) is 0. The van der Waals surface area contributed by atoms with Crippen molar-refractivity contribution in [2.45, 2.75) is 6.92 Å². The maximum Gasteiger partial charge on any atom is 1.00 e. The maximum atomic E-state index is 9.39. The fourth-order valence-electron chi connectivity index (χ4n) is 0. The average molecular weight is 242 g/mol. The van der Waals surface area contributed by atoms with Gasteiger partial charge in [0, 0.05) is 0 Å². The van der Waals surface area contributed by atoms with Crippen LogP contribution in [0.15, 0.2) is 0 Å². The SMILES string of the molecule is C[C]([O-])=[Cr].[C-]#[O+].[C-]#[O+].[C-]#[O+].[C-]#[O+].[C-]#[O+].[Li+]. The van der Waals surface area contributed by atoms with E-state index in [-0.39, 0.29) is 23.4 Å². The largest absolute Gasteiger partial charge is 1.00 e. The van der Waals surface area contributed by atoms with Crippen molar-refractivity contribution in [3.63, 3.8) is 0 Å². The summed E-state index contributed by atoms with van der Waals surface area (Å²) < 4.78 is 37.5. The second-order valence-electron chi connectivity index (χ2n) is 0.492. The van der Waals surface area contributed by atoms with Crippen molar-refractivity contribution >= 4 is 4.57 Å². The van der Waals surface area contributed by atoms with Crippen molar-refractivity contribution in [3.8, 4) is 0 Å². The Kier molecular flexibility index (Phi) is 962. The molecule has 0 bridgehead atoms. The number of hydrogen-bond acceptors (Lipinski definition) is 1. The Balaban J connectivity index is -0.0000000105. The third kappa shape index (κ3) is 16100. The van der Waals surface area contributed by atoms with Gasteiger partial charge in [-0.1, -0.05) is 0 Å². The Morgan fingerprint density at radius 3 is 0.800 bits per heavy atom. The first-order chi connectivity index (χ1) is 6.73. The second kappa shape index (κ2) is 309. The zero-order valence-corrected chi connectivity index (χ0v) is 9.13. The Bertz CT molecular complexity index is 141. The van der Waals surface area contributed by atoms with Crippen LogP contribution < -0.4 is 24.0 Å². The number of hydrogen-bond donors (Lipinski definition) is 0. The zero-order valence-electron chi connectivity index (χ0n) is 7.86. The van der Waals surface area contributed by atoms with E-state index in [9.17, 15) is 5.11 Å². The predicted molar refractivity (Wildman–Crippen MR) is 30.3 cm³/mol. The molecule has 0 atom stereocenters. The van der Waals surface area contributed by atoms with E-state index >= 15 is 0 Å². The Morgan fingerprint density at radius 1 is 0.800 bits per heavy atom. The third-order valence-corrected chi connectivity index (χ3v) is 0. The van der Waals surface area contributed by atoms with Gasteiger partial charge in [-0.2, -0.15) is 0 Å². The number of rotatable bonds is 0. The Morgan fingerprint density at radius 2 is 0.800 bits per heavy atom. The molecule has 15 heavy (non-hydrogen) atoms. The van der Waals surface area contributed by atoms with Crippen molar-refractivity contribution in [3.05, 3.63) is 33.3 Å². The maximum absolute atomic E-state index is 9.39. The van der Waals surface area contributed by atoms with E-state index < -0.39 is 0 Å². The first-order valence-corrected chi connectivity index (χ1v) is 2.57. The van der Waals surface area contributed by atoms with E-state index in [0.717, 1.165) is 0 Å². The van der Waals surface area contributed by atoms with Gasteiger partial charge in [-0.05, 0) is 0 Å². The predicted octanol–water partition coefficient (Wildman–Crippen LogP) is -4.14. The van der Waals surface area contributed by atoms with Crippen LogP contribution in [0.5, 0.6) is 0 Å². The summed E-state index contributed by atoms with van der Waals surface area (Å²) in [5, 5.41) is 9.39. The summed E-state index contributed by atoms with van der Waals surface area (Å²) in [6.45, 7) is 24.0. The molecule has 0 aliphatic rings. The monoisotopic (exact) mass is 242 g/mol. The van der Waals surface area contributed by atoms with Crippen molar-refractivity contribution in [1.82, 2.24) is 0 Å². The summed E-state index contributed by atoms with van der Waals surface area (Å²) >= 11 is 2.26. The molecule has 0 aliphatic heterocycles. The van der Waals surface area contributed by atoms with Gasteiger partial charge in [-0.15, -0.1) is 0 Å². The van der Waals surface area contributed by atoms with Gasteiger partial charge in [-0.25, -0.2) is 0 Å². The molecule has 0 amide bonds. The van der Waals surface area contributed by atoms with E-state index in [4.69, 9.17) is 23.3 Å². The smallest absolute Gasteiger partial charge is 1.00 e. The van der Waals surface area contributed by atoms with Crippen molar-refractivity contribution in [2.24, 2.45) is 0 Å². The van der Waals surface area contributed by atoms with E-state index in [2.05, 4.69) is 49.1 Å². The van der Waals surface area contributed by atoms with Crippen molar-refractivity contribution < 1.29 is 63.1 Å². The van der Waals surface area contributed by atoms with Crippen LogP contribution in [-0.2, 0) is 39.1 Å². The van der Waals surface area contributed by atoms with E-state index in [0.29, 0.717) is 0 Å². The van der Waals surface area contributed by atoms with Crippen LogP contribution in [0.3, 0.4) is 0 Å². The molecule has 0 radical (unpaired) electrons. The molecule has 0 spiro atoms. The van der Waals surface area contributed by atoms with Gasteiger partial charge < -0.3 is 0 Å². The summed E-state index contributed by atoms with van der Waals surface area (Å²) in [5.74, 6) is 0. The van der Waals surface area contributed by atoms with Gasteiger partial charge in [0.1, 0.15) is 0 Å². The third-order valence-electron chi connectivity index (χ3n) is 0. The standard InChI is InChI=1S/C2H3O.5CO.Cr.Li/c1-2-3;5*1-2;;/h1H3;;;;;;;/q-1;;;;;;;+1. The van der Waals surface area contributed by atoms with Gasteiger partial charge in [0.2, 0.25) is 0 Å². The van der Waals surface area contributed by atoms with Crippen molar-refractivity contribution in [2.75, 3.05) is 0 Å². The normalized spacial score (nSPS) is 2.40.